The van der Waals surface area contributed by atoms with Crippen molar-refractivity contribution < 1.29 is 4.79 Å². The van der Waals surface area contributed by atoms with Crippen molar-refractivity contribution >= 4 is 5.91 Å². The molecule has 2 atom stereocenters. The van der Waals surface area contributed by atoms with Crippen LogP contribution in [0.15, 0.2) is 0 Å². The lowest BCUT2D eigenvalue weighted by Crippen LogP contribution is -2.35. The molecule has 4 heteroatoms. The van der Waals surface area contributed by atoms with Crippen molar-refractivity contribution in [2.75, 3.05) is 40.3 Å². The van der Waals surface area contributed by atoms with Gasteiger partial charge in [0.05, 0.1) is 0 Å². The molecule has 1 fully saturated rings. The van der Waals surface area contributed by atoms with E-state index < -0.39 is 0 Å². The first-order chi connectivity index (χ1) is 8.92. The molecule has 0 aromatic rings. The van der Waals surface area contributed by atoms with E-state index >= 15 is 0 Å². The molecule has 0 aromatic heterocycles. The zero-order valence-corrected chi connectivity index (χ0v) is 13.1. The Morgan fingerprint density at radius 2 is 2.16 bits per heavy atom. The zero-order valence-electron chi connectivity index (χ0n) is 13.1. The molecule has 1 unspecified atom stereocenters. The minimum absolute atomic E-state index is 0.255. The highest BCUT2D eigenvalue weighted by atomic mass is 16.2. The fraction of sp³-hybridized carbons (Fsp3) is 0.933. The first kappa shape index (κ1) is 16.4. The van der Waals surface area contributed by atoms with E-state index in [0.29, 0.717) is 30.7 Å². The van der Waals surface area contributed by atoms with Crippen molar-refractivity contribution in [2.45, 2.75) is 33.1 Å². The lowest BCUT2D eigenvalue weighted by atomic mass is 9.93. The van der Waals surface area contributed by atoms with Crippen LogP contribution in [-0.4, -0.2) is 56.0 Å². The number of nitrogens with two attached hydrogens (primary N) is 1. The van der Waals surface area contributed by atoms with E-state index in [4.69, 9.17) is 5.73 Å². The van der Waals surface area contributed by atoms with Crippen LogP contribution in [0.3, 0.4) is 0 Å². The Morgan fingerprint density at radius 3 is 2.63 bits per heavy atom. The molecule has 0 radical (unpaired) electrons. The smallest absolute Gasteiger partial charge is 0.222 e. The van der Waals surface area contributed by atoms with E-state index in [1.807, 2.05) is 11.9 Å². The van der Waals surface area contributed by atoms with Gasteiger partial charge in [-0.1, -0.05) is 13.8 Å². The molecule has 2 N–H and O–H groups in total. The summed E-state index contributed by atoms with van der Waals surface area (Å²) in [5.74, 6) is 1.84. The van der Waals surface area contributed by atoms with Crippen LogP contribution in [0.1, 0.15) is 33.1 Å². The topological polar surface area (TPSA) is 49.6 Å². The average molecular weight is 269 g/mol. The number of carbonyl (C=O) groups is 1. The van der Waals surface area contributed by atoms with Crippen LogP contribution in [0.4, 0.5) is 0 Å². The van der Waals surface area contributed by atoms with Gasteiger partial charge >= 0.3 is 0 Å². The minimum Gasteiger partial charge on any atom is -0.345 e. The first-order valence-corrected chi connectivity index (χ1v) is 7.55. The SMILES string of the molecule is CC(C)C[C@H](CN)CC(=O)N(C)CC1CCN(C)C1. The van der Waals surface area contributed by atoms with Gasteiger partial charge in [0.15, 0.2) is 0 Å². The number of likely N-dealkylation sites (tertiary alicyclic amines) is 1. The fourth-order valence-electron chi connectivity index (χ4n) is 3.00. The predicted molar refractivity (Wildman–Crippen MR) is 79.9 cm³/mol. The zero-order chi connectivity index (χ0) is 14.4. The van der Waals surface area contributed by atoms with Crippen LogP contribution in [0.25, 0.3) is 0 Å². The second-order valence-corrected chi connectivity index (χ2v) is 6.63. The van der Waals surface area contributed by atoms with Gasteiger partial charge in [0, 0.05) is 26.6 Å². The van der Waals surface area contributed by atoms with Crippen LogP contribution in [0.2, 0.25) is 0 Å². The molecule has 1 rings (SSSR count). The number of hydrogen-bond acceptors (Lipinski definition) is 3. The average Bonchev–Trinajstić information content (AvgIpc) is 2.73. The summed E-state index contributed by atoms with van der Waals surface area (Å²) in [6, 6.07) is 0. The highest BCUT2D eigenvalue weighted by Crippen LogP contribution is 2.18. The number of hydrogen-bond donors (Lipinski definition) is 1. The van der Waals surface area contributed by atoms with Crippen LogP contribution in [0, 0.1) is 17.8 Å². The predicted octanol–water partition coefficient (Wildman–Crippen LogP) is 1.41. The summed E-state index contributed by atoms with van der Waals surface area (Å²) in [6.07, 6.45) is 2.86. The molecule has 0 aromatic carbocycles. The maximum atomic E-state index is 12.2. The molecular weight excluding hydrogens is 238 g/mol. The van der Waals surface area contributed by atoms with Crippen molar-refractivity contribution in [2.24, 2.45) is 23.5 Å². The Morgan fingerprint density at radius 1 is 1.47 bits per heavy atom. The van der Waals surface area contributed by atoms with Crippen LogP contribution >= 0.6 is 0 Å². The maximum absolute atomic E-state index is 12.2. The summed E-state index contributed by atoms with van der Waals surface area (Å²) >= 11 is 0. The molecule has 1 saturated heterocycles. The van der Waals surface area contributed by atoms with Crippen molar-refractivity contribution in [1.29, 1.82) is 0 Å². The van der Waals surface area contributed by atoms with Crippen molar-refractivity contribution in [3.8, 4) is 0 Å². The third kappa shape index (κ3) is 5.91. The Bertz CT molecular complexity index is 281. The van der Waals surface area contributed by atoms with Crippen molar-refractivity contribution in [3.63, 3.8) is 0 Å². The van der Waals surface area contributed by atoms with Gasteiger partial charge in [0.1, 0.15) is 0 Å². The van der Waals surface area contributed by atoms with Gasteiger partial charge < -0.3 is 15.5 Å². The number of rotatable bonds is 7. The second-order valence-electron chi connectivity index (χ2n) is 6.63. The summed E-state index contributed by atoms with van der Waals surface area (Å²) < 4.78 is 0. The normalized spacial score (nSPS) is 21.9. The molecule has 1 aliphatic rings. The standard InChI is InChI=1S/C15H31N3O/c1-12(2)7-14(9-16)8-15(19)18(4)11-13-5-6-17(3)10-13/h12-14H,5-11,16H2,1-4H3/t13?,14-/m0/s1. The molecule has 0 aliphatic carbocycles. The van der Waals surface area contributed by atoms with Gasteiger partial charge in [-0.25, -0.2) is 0 Å². The molecule has 112 valence electrons. The first-order valence-electron chi connectivity index (χ1n) is 7.55. The minimum atomic E-state index is 0.255. The van der Waals surface area contributed by atoms with E-state index in [0.717, 1.165) is 26.1 Å². The van der Waals surface area contributed by atoms with E-state index in [1.54, 1.807) is 0 Å². The summed E-state index contributed by atoms with van der Waals surface area (Å²) in [7, 11) is 4.08. The lowest BCUT2D eigenvalue weighted by molar-refractivity contribution is -0.131. The van der Waals surface area contributed by atoms with Gasteiger partial charge in [0.25, 0.3) is 0 Å². The van der Waals surface area contributed by atoms with Gasteiger partial charge in [-0.05, 0) is 50.7 Å². The Balaban J connectivity index is 2.34. The highest BCUT2D eigenvalue weighted by Gasteiger charge is 2.23. The van der Waals surface area contributed by atoms with Gasteiger partial charge in [-0.3, -0.25) is 4.79 Å². The second kappa shape index (κ2) is 7.85. The van der Waals surface area contributed by atoms with Gasteiger partial charge in [-0.15, -0.1) is 0 Å². The molecule has 0 spiro atoms. The van der Waals surface area contributed by atoms with E-state index in [2.05, 4.69) is 25.8 Å². The summed E-state index contributed by atoms with van der Waals surface area (Å²) in [5.41, 5.74) is 5.77. The maximum Gasteiger partial charge on any atom is 0.222 e. The van der Waals surface area contributed by atoms with Crippen LogP contribution in [-0.2, 0) is 4.79 Å². The summed E-state index contributed by atoms with van der Waals surface area (Å²) in [4.78, 5) is 16.5. The van der Waals surface area contributed by atoms with Crippen molar-refractivity contribution in [1.82, 2.24) is 9.80 Å². The lowest BCUT2D eigenvalue weighted by Gasteiger charge is -2.24. The molecular formula is C15H31N3O. The third-order valence-electron chi connectivity index (χ3n) is 4.05. The van der Waals surface area contributed by atoms with Crippen molar-refractivity contribution in [3.05, 3.63) is 0 Å². The molecule has 0 saturated carbocycles. The monoisotopic (exact) mass is 269 g/mol. The molecule has 1 aliphatic heterocycles. The third-order valence-corrected chi connectivity index (χ3v) is 4.05. The highest BCUT2D eigenvalue weighted by molar-refractivity contribution is 5.76. The quantitative estimate of drug-likeness (QED) is 0.760. The fourth-order valence-corrected chi connectivity index (χ4v) is 3.00. The van der Waals surface area contributed by atoms with Gasteiger partial charge in [-0.2, -0.15) is 0 Å². The molecule has 19 heavy (non-hydrogen) atoms. The van der Waals surface area contributed by atoms with E-state index in [-0.39, 0.29) is 5.91 Å². The van der Waals surface area contributed by atoms with E-state index in [9.17, 15) is 4.79 Å². The Labute approximate surface area is 118 Å². The van der Waals surface area contributed by atoms with Crippen LogP contribution < -0.4 is 5.73 Å². The summed E-state index contributed by atoms with van der Waals surface area (Å²) in [6.45, 7) is 8.15. The molecule has 1 amide bonds. The molecule has 0 bridgehead atoms. The van der Waals surface area contributed by atoms with E-state index in [1.165, 1.54) is 6.42 Å². The van der Waals surface area contributed by atoms with Crippen LogP contribution in [0.5, 0.6) is 0 Å². The van der Waals surface area contributed by atoms with Gasteiger partial charge in [0.2, 0.25) is 5.91 Å². The molecule has 4 nitrogen and oxygen atoms in total. The largest absolute Gasteiger partial charge is 0.345 e. The Hall–Kier alpha value is -0.610. The number of amides is 1. The summed E-state index contributed by atoms with van der Waals surface area (Å²) in [5, 5.41) is 0. The number of nitrogens with zero attached hydrogens (tertiary/aromatic N) is 2. The number of carbonyl (C=O) groups excluding carboxylic acids is 1. The Kier molecular flexibility index (Phi) is 6.80. The molecule has 1 heterocycles.